The standard InChI is InChI=1S/C29H26F3N3O6/c1-3-38-27(36)19-13-29(14-19,28(37)39-4-2)35-24-22(30)25(32)34-26(23(24)31)41-21-12-18(15-33)10-11-20(21)40-16-17-8-6-5-7-9-17/h5-12,19H,3-4,13-14,16H2,1-2H3,(H,34,35). The average Bonchev–Trinajstić information content (AvgIpc) is 2.95. The van der Waals surface area contributed by atoms with Gasteiger partial charge in [-0.05, 0) is 44.4 Å². The Morgan fingerprint density at radius 1 is 1.02 bits per heavy atom. The quantitative estimate of drug-likeness (QED) is 0.238. The van der Waals surface area contributed by atoms with Gasteiger partial charge in [0.1, 0.15) is 17.8 Å². The van der Waals surface area contributed by atoms with Crippen molar-refractivity contribution in [2.45, 2.75) is 38.8 Å². The summed E-state index contributed by atoms with van der Waals surface area (Å²) in [6.07, 6.45) is -0.406. The van der Waals surface area contributed by atoms with E-state index in [4.69, 9.17) is 18.9 Å². The molecule has 9 nitrogen and oxygen atoms in total. The van der Waals surface area contributed by atoms with E-state index in [-0.39, 0.29) is 49.7 Å². The van der Waals surface area contributed by atoms with Gasteiger partial charge in [-0.25, -0.2) is 4.79 Å². The maximum atomic E-state index is 15.7. The van der Waals surface area contributed by atoms with Gasteiger partial charge in [0.05, 0.1) is 30.8 Å². The van der Waals surface area contributed by atoms with Crippen LogP contribution in [0.3, 0.4) is 0 Å². The lowest BCUT2D eigenvalue weighted by molar-refractivity contribution is -0.162. The monoisotopic (exact) mass is 569 g/mol. The lowest BCUT2D eigenvalue weighted by Crippen LogP contribution is -2.59. The molecule has 214 valence electrons. The Bertz CT molecular complexity index is 1470. The first-order chi connectivity index (χ1) is 19.7. The van der Waals surface area contributed by atoms with Crippen molar-refractivity contribution in [1.82, 2.24) is 4.98 Å². The lowest BCUT2D eigenvalue weighted by atomic mass is 9.68. The van der Waals surface area contributed by atoms with E-state index in [9.17, 15) is 23.6 Å². The second kappa shape index (κ2) is 12.6. The fourth-order valence-corrected chi connectivity index (χ4v) is 4.32. The number of hydrogen-bond donors (Lipinski definition) is 1. The summed E-state index contributed by atoms with van der Waals surface area (Å²) >= 11 is 0. The Labute approximate surface area is 233 Å². The molecule has 2 aromatic carbocycles. The molecule has 41 heavy (non-hydrogen) atoms. The molecule has 1 aliphatic carbocycles. The number of pyridine rings is 1. The van der Waals surface area contributed by atoms with E-state index in [1.165, 1.54) is 18.2 Å². The molecular weight excluding hydrogens is 543 g/mol. The summed E-state index contributed by atoms with van der Waals surface area (Å²) in [5.41, 5.74) is -1.84. The molecule has 0 bridgehead atoms. The second-order valence-corrected chi connectivity index (χ2v) is 9.15. The molecule has 0 radical (unpaired) electrons. The molecule has 1 saturated carbocycles. The number of carbonyl (C=O) groups excluding carboxylic acids is 2. The maximum Gasteiger partial charge on any atom is 0.331 e. The number of esters is 2. The van der Waals surface area contributed by atoms with E-state index in [2.05, 4.69) is 10.3 Å². The summed E-state index contributed by atoms with van der Waals surface area (Å²) in [4.78, 5) is 28.2. The number of rotatable bonds is 11. The summed E-state index contributed by atoms with van der Waals surface area (Å²) in [5, 5.41) is 11.7. The Morgan fingerprint density at radius 3 is 2.39 bits per heavy atom. The lowest BCUT2D eigenvalue weighted by Gasteiger charge is -2.45. The molecular formula is C29H26F3N3O6. The molecule has 4 rings (SSSR count). The highest BCUT2D eigenvalue weighted by Gasteiger charge is 2.55. The van der Waals surface area contributed by atoms with Crippen molar-refractivity contribution in [2.24, 2.45) is 5.92 Å². The number of anilines is 1. The summed E-state index contributed by atoms with van der Waals surface area (Å²) < 4.78 is 66.5. The minimum Gasteiger partial charge on any atom is -0.485 e. The number of nitrogens with one attached hydrogen (secondary N) is 1. The topological polar surface area (TPSA) is 120 Å². The van der Waals surface area contributed by atoms with Crippen LogP contribution in [0.2, 0.25) is 0 Å². The third-order valence-corrected chi connectivity index (χ3v) is 6.36. The van der Waals surface area contributed by atoms with Gasteiger partial charge >= 0.3 is 11.9 Å². The van der Waals surface area contributed by atoms with Gasteiger partial charge in [0, 0.05) is 6.07 Å². The predicted molar refractivity (Wildman–Crippen MR) is 138 cm³/mol. The zero-order valence-electron chi connectivity index (χ0n) is 22.2. The molecule has 1 aliphatic rings. The minimum absolute atomic E-state index is 0.0443. The van der Waals surface area contributed by atoms with E-state index in [1.807, 2.05) is 36.4 Å². The smallest absolute Gasteiger partial charge is 0.331 e. The van der Waals surface area contributed by atoms with Crippen molar-refractivity contribution in [1.29, 1.82) is 5.26 Å². The van der Waals surface area contributed by atoms with Crippen LogP contribution in [0.5, 0.6) is 17.4 Å². The molecule has 0 spiro atoms. The van der Waals surface area contributed by atoms with Crippen molar-refractivity contribution < 1.29 is 41.7 Å². The van der Waals surface area contributed by atoms with E-state index >= 15 is 4.39 Å². The summed E-state index contributed by atoms with van der Waals surface area (Å²) in [6, 6.07) is 15.1. The average molecular weight is 570 g/mol. The summed E-state index contributed by atoms with van der Waals surface area (Å²) in [5.74, 6) is -8.16. The van der Waals surface area contributed by atoms with Crippen molar-refractivity contribution in [3.63, 3.8) is 0 Å². The number of carbonyl (C=O) groups is 2. The molecule has 0 atom stereocenters. The third-order valence-electron chi connectivity index (χ3n) is 6.36. The Morgan fingerprint density at radius 2 is 1.73 bits per heavy atom. The van der Waals surface area contributed by atoms with E-state index < -0.39 is 52.5 Å². The number of halogens is 3. The number of nitriles is 1. The second-order valence-electron chi connectivity index (χ2n) is 9.15. The Hall–Kier alpha value is -4.79. The largest absolute Gasteiger partial charge is 0.485 e. The van der Waals surface area contributed by atoms with Crippen LogP contribution in [-0.4, -0.2) is 35.7 Å². The molecule has 0 saturated heterocycles. The molecule has 1 aromatic heterocycles. The predicted octanol–water partition coefficient (Wildman–Crippen LogP) is 5.43. The van der Waals surface area contributed by atoms with Crippen LogP contribution in [0, 0.1) is 34.8 Å². The van der Waals surface area contributed by atoms with Gasteiger partial charge in [0.25, 0.3) is 11.8 Å². The Kier molecular flexibility index (Phi) is 8.97. The molecule has 3 aromatic rings. The fraction of sp³-hybridized carbons (Fsp3) is 0.310. The summed E-state index contributed by atoms with van der Waals surface area (Å²) in [7, 11) is 0. The van der Waals surface area contributed by atoms with Crippen molar-refractivity contribution in [3.05, 3.63) is 77.2 Å². The maximum absolute atomic E-state index is 15.7. The molecule has 0 unspecified atom stereocenters. The molecule has 0 amide bonds. The SMILES string of the molecule is CCOC(=O)C1CC(Nc2c(F)c(F)nc(Oc3cc(C#N)ccc3OCc3ccccc3)c2F)(C(=O)OCC)C1. The highest BCUT2D eigenvalue weighted by Crippen LogP contribution is 2.44. The number of aromatic nitrogens is 1. The van der Waals surface area contributed by atoms with Crippen molar-refractivity contribution in [2.75, 3.05) is 18.5 Å². The van der Waals surface area contributed by atoms with Crippen LogP contribution in [0.1, 0.15) is 37.8 Å². The van der Waals surface area contributed by atoms with E-state index in [0.29, 0.717) is 0 Å². The van der Waals surface area contributed by atoms with Gasteiger partial charge in [-0.1, -0.05) is 30.3 Å². The van der Waals surface area contributed by atoms with Gasteiger partial charge in [0.15, 0.2) is 11.5 Å². The number of benzene rings is 2. The summed E-state index contributed by atoms with van der Waals surface area (Å²) in [6.45, 7) is 3.31. The number of nitrogens with zero attached hydrogens (tertiary/aromatic N) is 2. The van der Waals surface area contributed by atoms with E-state index in [1.54, 1.807) is 13.8 Å². The molecule has 1 N–H and O–H groups in total. The fourth-order valence-electron chi connectivity index (χ4n) is 4.32. The van der Waals surface area contributed by atoms with E-state index in [0.717, 1.165) is 5.56 Å². The normalized spacial score (nSPS) is 17.5. The van der Waals surface area contributed by atoms with Crippen LogP contribution in [0.15, 0.2) is 48.5 Å². The Balaban J connectivity index is 1.65. The third kappa shape index (κ3) is 6.35. The van der Waals surface area contributed by atoms with Crippen molar-refractivity contribution >= 4 is 17.6 Å². The van der Waals surface area contributed by atoms with Crippen molar-refractivity contribution in [3.8, 4) is 23.4 Å². The molecule has 1 heterocycles. The minimum atomic E-state index is -1.73. The van der Waals surface area contributed by atoms with Gasteiger partial charge in [-0.3, -0.25) is 4.79 Å². The first kappa shape index (κ1) is 29.2. The van der Waals surface area contributed by atoms with Crippen LogP contribution < -0.4 is 14.8 Å². The van der Waals surface area contributed by atoms with Gasteiger partial charge in [0.2, 0.25) is 11.6 Å². The highest BCUT2D eigenvalue weighted by atomic mass is 19.2. The van der Waals surface area contributed by atoms with Gasteiger partial charge in [-0.15, -0.1) is 0 Å². The van der Waals surface area contributed by atoms with Crippen LogP contribution in [-0.2, 0) is 25.7 Å². The zero-order chi connectivity index (χ0) is 29.6. The number of hydrogen-bond acceptors (Lipinski definition) is 9. The van der Waals surface area contributed by atoms with Crippen LogP contribution in [0.4, 0.5) is 18.9 Å². The highest BCUT2D eigenvalue weighted by molar-refractivity contribution is 5.89. The van der Waals surface area contributed by atoms with Crippen LogP contribution in [0.25, 0.3) is 0 Å². The van der Waals surface area contributed by atoms with Gasteiger partial charge in [-0.2, -0.15) is 23.4 Å². The zero-order valence-corrected chi connectivity index (χ0v) is 22.2. The molecule has 12 heteroatoms. The number of ether oxygens (including phenoxy) is 4. The van der Waals surface area contributed by atoms with Gasteiger partial charge < -0.3 is 24.3 Å². The molecule has 0 aliphatic heterocycles. The first-order valence-electron chi connectivity index (χ1n) is 12.8. The molecule has 1 fully saturated rings. The van der Waals surface area contributed by atoms with Crippen LogP contribution >= 0.6 is 0 Å². The first-order valence-corrected chi connectivity index (χ1v) is 12.8.